The predicted molar refractivity (Wildman–Crippen MR) is 85.3 cm³/mol. The van der Waals surface area contributed by atoms with E-state index >= 15 is 0 Å². The molecule has 1 aliphatic rings. The van der Waals surface area contributed by atoms with Crippen LogP contribution in [0.15, 0.2) is 4.99 Å². The summed E-state index contributed by atoms with van der Waals surface area (Å²) in [6.45, 7) is 10.8. The molecule has 0 saturated carbocycles. The molecular formula is C15H32N4O. The van der Waals surface area contributed by atoms with Crippen LogP contribution in [0.3, 0.4) is 0 Å². The standard InChI is InChI=1S/C15H32N4O/c1-12(2)19-8-6-7-14(10-19)9-17-15(16-4)18-13(3)11-20-5/h12-14H,6-11H2,1-5H3,(H2,16,17,18). The minimum atomic E-state index is 0.268. The number of rotatable bonds is 6. The number of piperidine rings is 1. The molecule has 1 fully saturated rings. The molecule has 1 aliphatic heterocycles. The molecule has 0 radical (unpaired) electrons. The van der Waals surface area contributed by atoms with Gasteiger partial charge in [-0.2, -0.15) is 0 Å². The van der Waals surface area contributed by atoms with Crippen LogP contribution in [-0.4, -0.2) is 63.3 Å². The Labute approximate surface area is 124 Å². The van der Waals surface area contributed by atoms with Crippen LogP contribution in [0, 0.1) is 5.92 Å². The molecule has 0 spiro atoms. The molecule has 1 heterocycles. The third kappa shape index (κ3) is 6.09. The monoisotopic (exact) mass is 284 g/mol. The average Bonchev–Trinajstić information content (AvgIpc) is 2.44. The summed E-state index contributed by atoms with van der Waals surface area (Å²) >= 11 is 0. The van der Waals surface area contributed by atoms with Crippen molar-refractivity contribution in [2.45, 2.75) is 45.7 Å². The Morgan fingerprint density at radius 2 is 2.15 bits per heavy atom. The minimum Gasteiger partial charge on any atom is -0.383 e. The van der Waals surface area contributed by atoms with Crippen molar-refractivity contribution in [2.75, 3.05) is 40.4 Å². The minimum absolute atomic E-state index is 0.268. The molecular weight excluding hydrogens is 252 g/mol. The van der Waals surface area contributed by atoms with Crippen LogP contribution in [0.1, 0.15) is 33.6 Å². The van der Waals surface area contributed by atoms with Gasteiger partial charge in [0.1, 0.15) is 0 Å². The van der Waals surface area contributed by atoms with Crippen molar-refractivity contribution < 1.29 is 4.74 Å². The van der Waals surface area contributed by atoms with Gasteiger partial charge < -0.3 is 20.3 Å². The van der Waals surface area contributed by atoms with Crippen molar-refractivity contribution in [3.05, 3.63) is 0 Å². The highest BCUT2D eigenvalue weighted by Crippen LogP contribution is 2.17. The lowest BCUT2D eigenvalue weighted by molar-refractivity contribution is 0.141. The van der Waals surface area contributed by atoms with Gasteiger partial charge in [-0.15, -0.1) is 0 Å². The van der Waals surface area contributed by atoms with Gasteiger partial charge >= 0.3 is 0 Å². The summed E-state index contributed by atoms with van der Waals surface area (Å²) < 4.78 is 5.13. The zero-order valence-corrected chi connectivity index (χ0v) is 13.8. The van der Waals surface area contributed by atoms with Gasteiger partial charge in [0.05, 0.1) is 6.61 Å². The van der Waals surface area contributed by atoms with E-state index in [0.717, 1.165) is 12.5 Å². The summed E-state index contributed by atoms with van der Waals surface area (Å²) in [5.74, 6) is 1.58. The number of hydrogen-bond acceptors (Lipinski definition) is 3. The average molecular weight is 284 g/mol. The summed E-state index contributed by atoms with van der Waals surface area (Å²) in [6, 6.07) is 0.918. The van der Waals surface area contributed by atoms with Crippen LogP contribution in [-0.2, 0) is 4.74 Å². The Bertz CT molecular complexity index is 294. The lowest BCUT2D eigenvalue weighted by Gasteiger charge is -2.35. The number of likely N-dealkylation sites (tertiary alicyclic amines) is 1. The number of methoxy groups -OCH3 is 1. The molecule has 20 heavy (non-hydrogen) atoms. The molecule has 2 atom stereocenters. The zero-order valence-electron chi connectivity index (χ0n) is 13.8. The normalized spacial score (nSPS) is 22.9. The van der Waals surface area contributed by atoms with Gasteiger partial charge in [0.2, 0.25) is 0 Å². The summed E-state index contributed by atoms with van der Waals surface area (Å²) in [4.78, 5) is 6.84. The van der Waals surface area contributed by atoms with Crippen LogP contribution in [0.4, 0.5) is 0 Å². The molecule has 0 aromatic rings. The topological polar surface area (TPSA) is 48.9 Å². The van der Waals surface area contributed by atoms with Gasteiger partial charge in [-0.05, 0) is 46.1 Å². The number of hydrogen-bond donors (Lipinski definition) is 2. The van der Waals surface area contributed by atoms with E-state index in [0.29, 0.717) is 18.6 Å². The smallest absolute Gasteiger partial charge is 0.191 e. The van der Waals surface area contributed by atoms with E-state index in [1.165, 1.54) is 25.9 Å². The Morgan fingerprint density at radius 3 is 2.75 bits per heavy atom. The van der Waals surface area contributed by atoms with Crippen molar-refractivity contribution in [3.8, 4) is 0 Å². The first-order valence-electron chi connectivity index (χ1n) is 7.77. The SMILES string of the molecule is CN=C(NCC1CCCN(C(C)C)C1)NC(C)COC. The Hall–Kier alpha value is -0.810. The van der Waals surface area contributed by atoms with E-state index < -0.39 is 0 Å². The first-order chi connectivity index (χ1) is 9.56. The third-order valence-electron chi connectivity index (χ3n) is 3.86. The van der Waals surface area contributed by atoms with E-state index in [1.54, 1.807) is 7.11 Å². The maximum Gasteiger partial charge on any atom is 0.191 e. The Kier molecular flexibility index (Phi) is 7.92. The molecule has 118 valence electrons. The second kappa shape index (κ2) is 9.19. The van der Waals surface area contributed by atoms with Gasteiger partial charge in [0, 0.05) is 39.3 Å². The molecule has 1 saturated heterocycles. The molecule has 0 aromatic heterocycles. The van der Waals surface area contributed by atoms with Crippen LogP contribution < -0.4 is 10.6 Å². The van der Waals surface area contributed by atoms with Crippen molar-refractivity contribution in [1.82, 2.24) is 15.5 Å². The van der Waals surface area contributed by atoms with Gasteiger partial charge in [0.25, 0.3) is 0 Å². The van der Waals surface area contributed by atoms with Crippen molar-refractivity contribution in [1.29, 1.82) is 0 Å². The maximum atomic E-state index is 5.13. The second-order valence-corrected chi connectivity index (χ2v) is 6.05. The van der Waals surface area contributed by atoms with E-state index in [-0.39, 0.29) is 6.04 Å². The van der Waals surface area contributed by atoms with E-state index in [9.17, 15) is 0 Å². The highest BCUT2D eigenvalue weighted by atomic mass is 16.5. The molecule has 0 bridgehead atoms. The molecule has 0 aromatic carbocycles. The molecule has 1 rings (SSSR count). The van der Waals surface area contributed by atoms with Crippen LogP contribution in [0.25, 0.3) is 0 Å². The maximum absolute atomic E-state index is 5.13. The van der Waals surface area contributed by atoms with Gasteiger partial charge in [-0.25, -0.2) is 0 Å². The second-order valence-electron chi connectivity index (χ2n) is 6.05. The van der Waals surface area contributed by atoms with E-state index in [4.69, 9.17) is 4.74 Å². The van der Waals surface area contributed by atoms with Gasteiger partial charge in [-0.3, -0.25) is 4.99 Å². The van der Waals surface area contributed by atoms with E-state index in [1.807, 2.05) is 7.05 Å². The molecule has 2 N–H and O–H groups in total. The summed E-state index contributed by atoms with van der Waals surface area (Å²) in [5.41, 5.74) is 0. The number of guanidine groups is 1. The van der Waals surface area contributed by atoms with Crippen LogP contribution in [0.5, 0.6) is 0 Å². The largest absolute Gasteiger partial charge is 0.383 e. The Balaban J connectivity index is 2.33. The molecule has 5 heteroatoms. The highest BCUT2D eigenvalue weighted by Gasteiger charge is 2.21. The summed E-state index contributed by atoms with van der Waals surface area (Å²) in [7, 11) is 3.53. The molecule has 5 nitrogen and oxygen atoms in total. The van der Waals surface area contributed by atoms with Crippen molar-refractivity contribution >= 4 is 5.96 Å². The first kappa shape index (κ1) is 17.2. The number of ether oxygens (including phenoxy) is 1. The van der Waals surface area contributed by atoms with Crippen LogP contribution >= 0.6 is 0 Å². The van der Waals surface area contributed by atoms with Crippen molar-refractivity contribution in [2.24, 2.45) is 10.9 Å². The zero-order chi connectivity index (χ0) is 15.0. The summed E-state index contributed by atoms with van der Waals surface area (Å²) in [6.07, 6.45) is 2.61. The summed E-state index contributed by atoms with van der Waals surface area (Å²) in [5, 5.41) is 6.79. The number of nitrogens with zero attached hydrogens (tertiary/aromatic N) is 2. The van der Waals surface area contributed by atoms with Gasteiger partial charge in [-0.1, -0.05) is 0 Å². The van der Waals surface area contributed by atoms with E-state index in [2.05, 4.69) is 41.3 Å². The molecule has 2 unspecified atom stereocenters. The Morgan fingerprint density at radius 1 is 1.40 bits per heavy atom. The number of aliphatic imine (C=N–C) groups is 1. The highest BCUT2D eigenvalue weighted by molar-refractivity contribution is 5.79. The fourth-order valence-electron chi connectivity index (χ4n) is 2.69. The lowest BCUT2D eigenvalue weighted by atomic mass is 9.97. The predicted octanol–water partition coefficient (Wildman–Crippen LogP) is 1.31. The quantitative estimate of drug-likeness (QED) is 0.570. The van der Waals surface area contributed by atoms with Crippen molar-refractivity contribution in [3.63, 3.8) is 0 Å². The molecule has 0 amide bonds. The van der Waals surface area contributed by atoms with Crippen LogP contribution in [0.2, 0.25) is 0 Å². The van der Waals surface area contributed by atoms with Gasteiger partial charge in [0.15, 0.2) is 5.96 Å². The number of nitrogens with one attached hydrogen (secondary N) is 2. The fourth-order valence-corrected chi connectivity index (χ4v) is 2.69. The third-order valence-corrected chi connectivity index (χ3v) is 3.86. The fraction of sp³-hybridized carbons (Fsp3) is 0.933. The first-order valence-corrected chi connectivity index (χ1v) is 7.77. The molecule has 0 aliphatic carbocycles. The lowest BCUT2D eigenvalue weighted by Crippen LogP contribution is -2.48.